The fourth-order valence-corrected chi connectivity index (χ4v) is 3.28. The number of aliphatic imine (C=N–C) groups is 1. The summed E-state index contributed by atoms with van der Waals surface area (Å²) in [5.74, 6) is 2.30. The van der Waals surface area contributed by atoms with Crippen LogP contribution in [-0.2, 0) is 14.2 Å². The van der Waals surface area contributed by atoms with Crippen molar-refractivity contribution in [2.24, 2.45) is 4.99 Å². The fraction of sp³-hybridized carbons (Fsp3) is 0.682. The fourth-order valence-electron chi connectivity index (χ4n) is 3.28. The summed E-state index contributed by atoms with van der Waals surface area (Å²) in [7, 11) is 1.67. The summed E-state index contributed by atoms with van der Waals surface area (Å²) < 4.78 is 27.5. The lowest BCUT2D eigenvalue weighted by molar-refractivity contribution is 0.0389. The molecule has 1 aromatic carbocycles. The quantitative estimate of drug-likeness (QED) is 0.307. The predicted octanol–water partition coefficient (Wildman–Crippen LogP) is 1.59. The smallest absolute Gasteiger partial charge is 0.195 e. The van der Waals surface area contributed by atoms with Crippen molar-refractivity contribution < 1.29 is 23.7 Å². The normalized spacial score (nSPS) is 17.3. The summed E-state index contributed by atoms with van der Waals surface area (Å²) in [6.45, 7) is 9.22. The van der Waals surface area contributed by atoms with E-state index >= 15 is 0 Å². The SMILES string of the molecule is COCCOCCCN=C(NCCN1CCOCC1)Nc1ccc2c(c1)OCCCO2. The molecule has 2 heterocycles. The molecule has 2 N–H and O–H groups in total. The number of fused-ring (bicyclic) bond motifs is 1. The third-order valence-electron chi connectivity index (χ3n) is 4.98. The Morgan fingerprint density at radius 2 is 1.90 bits per heavy atom. The third kappa shape index (κ3) is 8.90. The van der Waals surface area contributed by atoms with Crippen molar-refractivity contribution >= 4 is 11.6 Å². The Balaban J connectivity index is 1.52. The molecule has 174 valence electrons. The maximum atomic E-state index is 5.81. The van der Waals surface area contributed by atoms with E-state index in [-0.39, 0.29) is 0 Å². The van der Waals surface area contributed by atoms with Crippen LogP contribution in [0, 0.1) is 0 Å². The summed E-state index contributed by atoms with van der Waals surface area (Å²) in [5, 5.41) is 6.84. The molecule has 3 rings (SSSR count). The molecule has 1 aromatic rings. The molecule has 0 amide bonds. The van der Waals surface area contributed by atoms with Crippen molar-refractivity contribution in [3.63, 3.8) is 0 Å². The average Bonchev–Trinajstić information content (AvgIpc) is 3.04. The third-order valence-corrected chi connectivity index (χ3v) is 4.98. The molecule has 0 unspecified atom stereocenters. The van der Waals surface area contributed by atoms with E-state index in [1.165, 1.54) is 0 Å². The van der Waals surface area contributed by atoms with Crippen molar-refractivity contribution in [2.75, 3.05) is 91.4 Å². The van der Waals surface area contributed by atoms with Gasteiger partial charge in [-0.25, -0.2) is 0 Å². The van der Waals surface area contributed by atoms with Crippen molar-refractivity contribution in [1.82, 2.24) is 10.2 Å². The molecule has 9 heteroatoms. The van der Waals surface area contributed by atoms with Gasteiger partial charge in [-0.3, -0.25) is 9.89 Å². The van der Waals surface area contributed by atoms with E-state index in [4.69, 9.17) is 28.7 Å². The number of hydrogen-bond acceptors (Lipinski definition) is 7. The zero-order valence-electron chi connectivity index (χ0n) is 18.6. The topological polar surface area (TPSA) is 85.8 Å². The Morgan fingerprint density at radius 3 is 2.74 bits per heavy atom. The van der Waals surface area contributed by atoms with Crippen LogP contribution in [0.5, 0.6) is 11.5 Å². The first kappa shape index (κ1) is 23.6. The number of methoxy groups -OCH3 is 1. The number of benzene rings is 1. The van der Waals surface area contributed by atoms with E-state index in [9.17, 15) is 0 Å². The highest BCUT2D eigenvalue weighted by atomic mass is 16.5. The molecular formula is C22H36N4O5. The second-order valence-corrected chi connectivity index (χ2v) is 7.41. The number of ether oxygens (including phenoxy) is 5. The Morgan fingerprint density at radius 1 is 1.06 bits per heavy atom. The molecule has 0 aliphatic carbocycles. The maximum absolute atomic E-state index is 5.81. The van der Waals surface area contributed by atoms with Gasteiger partial charge in [-0.05, 0) is 18.6 Å². The molecule has 2 aliphatic rings. The van der Waals surface area contributed by atoms with Gasteiger partial charge in [-0.1, -0.05) is 0 Å². The van der Waals surface area contributed by atoms with Crippen molar-refractivity contribution in [2.45, 2.75) is 12.8 Å². The summed E-state index contributed by atoms with van der Waals surface area (Å²) in [6, 6.07) is 5.90. The number of anilines is 1. The first-order valence-electron chi connectivity index (χ1n) is 11.2. The van der Waals surface area contributed by atoms with Crippen LogP contribution < -0.4 is 20.1 Å². The van der Waals surface area contributed by atoms with Gasteiger partial charge in [0.1, 0.15) is 0 Å². The lowest BCUT2D eigenvalue weighted by Gasteiger charge is -2.26. The molecule has 0 saturated carbocycles. The van der Waals surface area contributed by atoms with Crippen molar-refractivity contribution in [3.05, 3.63) is 18.2 Å². The number of rotatable bonds is 11. The van der Waals surface area contributed by atoms with E-state index < -0.39 is 0 Å². The van der Waals surface area contributed by atoms with Crippen LogP contribution in [0.25, 0.3) is 0 Å². The van der Waals surface area contributed by atoms with Crippen molar-refractivity contribution in [1.29, 1.82) is 0 Å². The lowest BCUT2D eigenvalue weighted by Crippen LogP contribution is -2.42. The van der Waals surface area contributed by atoms with Gasteiger partial charge in [-0.15, -0.1) is 0 Å². The van der Waals surface area contributed by atoms with E-state index in [0.29, 0.717) is 39.6 Å². The van der Waals surface area contributed by atoms with Gasteiger partial charge in [-0.2, -0.15) is 0 Å². The van der Waals surface area contributed by atoms with Gasteiger partial charge in [0.2, 0.25) is 0 Å². The number of nitrogens with one attached hydrogen (secondary N) is 2. The Labute approximate surface area is 185 Å². The van der Waals surface area contributed by atoms with Crippen LogP contribution in [0.1, 0.15) is 12.8 Å². The Bertz CT molecular complexity index is 667. The van der Waals surface area contributed by atoms with E-state index in [1.54, 1.807) is 7.11 Å². The first-order chi connectivity index (χ1) is 15.3. The molecule has 2 aliphatic heterocycles. The molecule has 9 nitrogen and oxygen atoms in total. The number of hydrogen-bond donors (Lipinski definition) is 2. The van der Waals surface area contributed by atoms with Gasteiger partial charge in [0.05, 0.1) is 39.6 Å². The molecule has 1 fully saturated rings. The molecule has 0 atom stereocenters. The molecule has 0 spiro atoms. The van der Waals surface area contributed by atoms with E-state index in [2.05, 4.69) is 15.5 Å². The van der Waals surface area contributed by atoms with Gasteiger partial charge in [0.25, 0.3) is 0 Å². The first-order valence-corrected chi connectivity index (χ1v) is 11.2. The second-order valence-electron chi connectivity index (χ2n) is 7.41. The van der Waals surface area contributed by atoms with Crippen LogP contribution >= 0.6 is 0 Å². The van der Waals surface area contributed by atoms with E-state index in [0.717, 1.165) is 75.4 Å². The van der Waals surface area contributed by atoms with E-state index in [1.807, 2.05) is 18.2 Å². The zero-order valence-corrected chi connectivity index (χ0v) is 18.6. The molecule has 0 aromatic heterocycles. The Hall–Kier alpha value is -2.07. The average molecular weight is 437 g/mol. The second kappa shape index (κ2) is 14.1. The number of nitrogens with zero attached hydrogens (tertiary/aromatic N) is 2. The van der Waals surface area contributed by atoms with Gasteiger partial charge in [0, 0.05) is 64.6 Å². The van der Waals surface area contributed by atoms with Gasteiger partial charge in [0.15, 0.2) is 17.5 Å². The Kier molecular flexibility index (Phi) is 10.7. The van der Waals surface area contributed by atoms with Gasteiger partial charge < -0.3 is 34.3 Å². The number of morpholine rings is 1. The molecule has 31 heavy (non-hydrogen) atoms. The minimum absolute atomic E-state index is 0.611. The monoisotopic (exact) mass is 436 g/mol. The molecule has 0 bridgehead atoms. The minimum atomic E-state index is 0.611. The molecule has 0 radical (unpaired) electrons. The molecular weight excluding hydrogens is 400 g/mol. The summed E-state index contributed by atoms with van der Waals surface area (Å²) in [6.07, 6.45) is 1.74. The van der Waals surface area contributed by atoms with Crippen LogP contribution in [-0.4, -0.2) is 96.9 Å². The number of guanidine groups is 1. The van der Waals surface area contributed by atoms with Crippen LogP contribution in [0.2, 0.25) is 0 Å². The summed E-state index contributed by atoms with van der Waals surface area (Å²) in [5.41, 5.74) is 0.915. The zero-order chi connectivity index (χ0) is 21.6. The summed E-state index contributed by atoms with van der Waals surface area (Å²) in [4.78, 5) is 7.11. The van der Waals surface area contributed by atoms with Crippen LogP contribution in [0.15, 0.2) is 23.2 Å². The maximum Gasteiger partial charge on any atom is 0.195 e. The summed E-state index contributed by atoms with van der Waals surface area (Å²) >= 11 is 0. The minimum Gasteiger partial charge on any atom is -0.490 e. The predicted molar refractivity (Wildman–Crippen MR) is 121 cm³/mol. The van der Waals surface area contributed by atoms with Gasteiger partial charge >= 0.3 is 0 Å². The standard InChI is InChI=1S/C22H36N4O5/c1-27-16-17-28-11-2-6-23-22(24-7-8-26-9-14-29-15-10-26)25-19-4-5-20-21(18-19)31-13-3-12-30-20/h4-5,18H,2-3,6-17H2,1H3,(H2,23,24,25). The van der Waals surface area contributed by atoms with Crippen LogP contribution in [0.3, 0.4) is 0 Å². The highest BCUT2D eigenvalue weighted by Crippen LogP contribution is 2.32. The van der Waals surface area contributed by atoms with Crippen LogP contribution in [0.4, 0.5) is 5.69 Å². The highest BCUT2D eigenvalue weighted by molar-refractivity contribution is 5.94. The van der Waals surface area contributed by atoms with Crippen molar-refractivity contribution in [3.8, 4) is 11.5 Å². The highest BCUT2D eigenvalue weighted by Gasteiger charge is 2.12. The largest absolute Gasteiger partial charge is 0.490 e. The lowest BCUT2D eigenvalue weighted by atomic mass is 10.2. The molecule has 1 saturated heterocycles.